The summed E-state index contributed by atoms with van der Waals surface area (Å²) in [6.45, 7) is 0. The number of hydrogen-bond acceptors (Lipinski definition) is 5. The van der Waals surface area contributed by atoms with Crippen molar-refractivity contribution in [3.8, 4) is 16.5 Å². The Labute approximate surface area is 134 Å². The molecular formula is C15H12ClN3O2S. The Morgan fingerprint density at radius 2 is 2.09 bits per heavy atom. The van der Waals surface area contributed by atoms with Crippen LogP contribution in [0.4, 0.5) is 5.69 Å². The quantitative estimate of drug-likeness (QED) is 0.653. The van der Waals surface area contributed by atoms with Gasteiger partial charge in [-0.05, 0) is 48.1 Å². The van der Waals surface area contributed by atoms with Crippen molar-refractivity contribution in [1.29, 1.82) is 0 Å². The number of aromatic nitrogens is 2. The number of aromatic hydroxyl groups is 1. The molecule has 0 unspecified atom stereocenters. The fourth-order valence-electron chi connectivity index (χ4n) is 3.24. The maximum atomic E-state index is 11.1. The molecule has 1 aliphatic carbocycles. The van der Waals surface area contributed by atoms with E-state index in [4.69, 9.17) is 11.6 Å². The smallest absolute Gasteiger partial charge is 0.219 e. The highest BCUT2D eigenvalue weighted by molar-refractivity contribution is 7.18. The summed E-state index contributed by atoms with van der Waals surface area (Å²) in [5, 5.41) is 14.4. The van der Waals surface area contributed by atoms with Crippen LogP contribution in [0.3, 0.4) is 0 Å². The van der Waals surface area contributed by atoms with Crippen molar-refractivity contribution in [3.63, 3.8) is 0 Å². The van der Waals surface area contributed by atoms with Crippen LogP contribution in [0.25, 0.3) is 21.5 Å². The van der Waals surface area contributed by atoms with E-state index in [-0.39, 0.29) is 11.6 Å². The maximum Gasteiger partial charge on any atom is 0.219 e. The van der Waals surface area contributed by atoms with Crippen LogP contribution in [0.5, 0.6) is 5.88 Å². The Kier molecular flexibility index (Phi) is 3.16. The molecule has 0 bridgehead atoms. The van der Waals surface area contributed by atoms with Gasteiger partial charge in [-0.25, -0.2) is 4.98 Å². The third kappa shape index (κ3) is 1.94. The summed E-state index contributed by atoms with van der Waals surface area (Å²) < 4.78 is 0.630. The fraction of sp³-hybridized carbons (Fsp3) is 0.267. The number of thiazole rings is 1. The van der Waals surface area contributed by atoms with Crippen molar-refractivity contribution in [1.82, 2.24) is 9.97 Å². The molecule has 0 fully saturated rings. The zero-order valence-electron chi connectivity index (χ0n) is 11.5. The molecule has 4 rings (SSSR count). The zero-order chi connectivity index (χ0) is 15.3. The average molecular weight is 334 g/mol. The minimum atomic E-state index is -0.174. The second kappa shape index (κ2) is 5.07. The number of halogens is 1. The van der Waals surface area contributed by atoms with Crippen molar-refractivity contribution in [3.05, 3.63) is 32.6 Å². The van der Waals surface area contributed by atoms with Crippen LogP contribution in [0, 0.1) is 4.91 Å². The highest BCUT2D eigenvalue weighted by Crippen LogP contribution is 2.44. The molecule has 0 radical (unpaired) electrons. The standard InChI is InChI=1S/C15H12ClN3O2S/c16-11-6-17-15(22-11)9-5-10-12(18-14(20)13(10)19-21)8-4-2-1-3-7(8)9/h5-6,18,20H,1-4H2. The topological polar surface area (TPSA) is 78.3 Å². The summed E-state index contributed by atoms with van der Waals surface area (Å²) in [6, 6.07) is 1.89. The normalized spacial score (nSPS) is 14.2. The van der Waals surface area contributed by atoms with E-state index in [1.54, 1.807) is 6.20 Å². The number of nitrogens with zero attached hydrogens (tertiary/aromatic N) is 2. The van der Waals surface area contributed by atoms with Gasteiger partial charge in [0.25, 0.3) is 0 Å². The Balaban J connectivity index is 2.09. The van der Waals surface area contributed by atoms with Crippen LogP contribution in [0.2, 0.25) is 4.34 Å². The number of H-pyrrole nitrogens is 1. The summed E-state index contributed by atoms with van der Waals surface area (Å²) in [5.41, 5.74) is 4.24. The predicted molar refractivity (Wildman–Crippen MR) is 88.2 cm³/mol. The number of fused-ring (bicyclic) bond motifs is 3. The SMILES string of the molecule is O=Nc1c(O)[nH]c2c3c(c(-c4ncc(Cl)s4)cc12)CCCC3. The Hall–Kier alpha value is -1.92. The summed E-state index contributed by atoms with van der Waals surface area (Å²) in [6.07, 6.45) is 5.72. The van der Waals surface area contributed by atoms with Gasteiger partial charge in [0.15, 0.2) is 5.69 Å². The Morgan fingerprint density at radius 3 is 2.77 bits per heavy atom. The number of rotatable bonds is 2. The van der Waals surface area contributed by atoms with Gasteiger partial charge in [-0.3, -0.25) is 0 Å². The van der Waals surface area contributed by atoms with Crippen LogP contribution in [-0.4, -0.2) is 15.1 Å². The van der Waals surface area contributed by atoms with Crippen molar-refractivity contribution >= 4 is 39.5 Å². The molecular weight excluding hydrogens is 322 g/mol. The molecule has 112 valence electrons. The monoisotopic (exact) mass is 333 g/mol. The van der Waals surface area contributed by atoms with Gasteiger partial charge in [-0.15, -0.1) is 16.2 Å². The molecule has 2 aromatic heterocycles. The second-order valence-corrected chi connectivity index (χ2v) is 7.06. The van der Waals surface area contributed by atoms with E-state index in [9.17, 15) is 10.0 Å². The first-order valence-electron chi connectivity index (χ1n) is 7.03. The van der Waals surface area contributed by atoms with Crippen molar-refractivity contribution in [2.24, 2.45) is 5.18 Å². The highest BCUT2D eigenvalue weighted by atomic mass is 35.5. The van der Waals surface area contributed by atoms with Gasteiger partial charge in [0.2, 0.25) is 5.88 Å². The van der Waals surface area contributed by atoms with E-state index >= 15 is 0 Å². The summed E-state index contributed by atoms with van der Waals surface area (Å²) >= 11 is 7.43. The van der Waals surface area contributed by atoms with Gasteiger partial charge in [0.1, 0.15) is 9.34 Å². The van der Waals surface area contributed by atoms with Crippen molar-refractivity contribution in [2.75, 3.05) is 0 Å². The number of aromatic amines is 1. The Bertz CT molecular complexity index is 900. The summed E-state index contributed by atoms with van der Waals surface area (Å²) in [7, 11) is 0. The van der Waals surface area contributed by atoms with E-state index in [0.717, 1.165) is 47.3 Å². The molecule has 2 N–H and O–H groups in total. The summed E-state index contributed by atoms with van der Waals surface area (Å²) in [4.78, 5) is 18.3. The van der Waals surface area contributed by atoms with Gasteiger partial charge >= 0.3 is 0 Å². The first kappa shape index (κ1) is 13.7. The third-order valence-corrected chi connectivity index (χ3v) is 5.32. The lowest BCUT2D eigenvalue weighted by atomic mass is 9.86. The second-order valence-electron chi connectivity index (χ2n) is 5.39. The molecule has 0 amide bonds. The molecule has 3 aromatic rings. The first-order chi connectivity index (χ1) is 10.7. The number of hydrogen-bond donors (Lipinski definition) is 2. The molecule has 1 aromatic carbocycles. The van der Waals surface area contributed by atoms with Crippen LogP contribution in [0.1, 0.15) is 24.0 Å². The lowest BCUT2D eigenvalue weighted by molar-refractivity contribution is 0.460. The van der Waals surface area contributed by atoms with E-state index in [1.165, 1.54) is 16.9 Å². The molecule has 0 spiro atoms. The van der Waals surface area contributed by atoms with Crippen LogP contribution >= 0.6 is 22.9 Å². The lowest BCUT2D eigenvalue weighted by Crippen LogP contribution is -2.05. The lowest BCUT2D eigenvalue weighted by Gasteiger charge is -2.19. The van der Waals surface area contributed by atoms with E-state index in [0.29, 0.717) is 9.72 Å². The summed E-state index contributed by atoms with van der Waals surface area (Å²) in [5.74, 6) is -0.174. The average Bonchev–Trinajstić information content (AvgIpc) is 3.09. The molecule has 5 nitrogen and oxygen atoms in total. The van der Waals surface area contributed by atoms with Crippen LogP contribution in [-0.2, 0) is 12.8 Å². The molecule has 0 atom stereocenters. The first-order valence-corrected chi connectivity index (χ1v) is 8.23. The molecule has 1 aliphatic rings. The van der Waals surface area contributed by atoms with Crippen LogP contribution in [0.15, 0.2) is 17.4 Å². The fourth-order valence-corrected chi connectivity index (χ4v) is 4.20. The molecule has 0 saturated carbocycles. The molecule has 22 heavy (non-hydrogen) atoms. The molecule has 2 heterocycles. The Morgan fingerprint density at radius 1 is 1.32 bits per heavy atom. The van der Waals surface area contributed by atoms with Gasteiger partial charge in [-0.1, -0.05) is 11.6 Å². The predicted octanol–water partition coefficient (Wildman–Crippen LogP) is 4.93. The van der Waals surface area contributed by atoms with Crippen LogP contribution < -0.4 is 0 Å². The molecule has 7 heteroatoms. The number of nitroso groups, excluding NO2 is 1. The molecule has 0 aliphatic heterocycles. The minimum absolute atomic E-state index is 0.0623. The number of nitrogens with one attached hydrogen (secondary N) is 1. The van der Waals surface area contributed by atoms with E-state index < -0.39 is 0 Å². The van der Waals surface area contributed by atoms with Crippen molar-refractivity contribution in [2.45, 2.75) is 25.7 Å². The van der Waals surface area contributed by atoms with Gasteiger partial charge in [0, 0.05) is 10.9 Å². The van der Waals surface area contributed by atoms with Gasteiger partial charge < -0.3 is 10.1 Å². The largest absolute Gasteiger partial charge is 0.493 e. The molecule has 0 saturated heterocycles. The zero-order valence-corrected chi connectivity index (χ0v) is 13.1. The number of aryl methyl sites for hydroxylation is 1. The minimum Gasteiger partial charge on any atom is -0.493 e. The highest BCUT2D eigenvalue weighted by Gasteiger charge is 2.23. The van der Waals surface area contributed by atoms with E-state index in [2.05, 4.69) is 15.1 Å². The van der Waals surface area contributed by atoms with E-state index in [1.807, 2.05) is 6.07 Å². The third-order valence-electron chi connectivity index (χ3n) is 4.17. The maximum absolute atomic E-state index is 11.1. The van der Waals surface area contributed by atoms with Crippen molar-refractivity contribution < 1.29 is 5.11 Å². The number of benzene rings is 1. The van der Waals surface area contributed by atoms with Gasteiger partial charge in [0.05, 0.1) is 11.7 Å². The van der Waals surface area contributed by atoms with Gasteiger partial charge in [-0.2, -0.15) is 0 Å².